The van der Waals surface area contributed by atoms with Gasteiger partial charge in [-0.1, -0.05) is 18.2 Å². The number of thioether (sulfide) groups is 1. The lowest BCUT2D eigenvalue weighted by Gasteiger charge is -2.28. The third kappa shape index (κ3) is 4.21. The fourth-order valence-corrected chi connectivity index (χ4v) is 4.00. The number of thiazole rings is 1. The van der Waals surface area contributed by atoms with Crippen LogP contribution in [0.4, 0.5) is 10.8 Å². The Labute approximate surface area is 153 Å². The van der Waals surface area contributed by atoms with E-state index >= 15 is 0 Å². The molecule has 0 unspecified atom stereocenters. The molecule has 2 heterocycles. The molecule has 0 radical (unpaired) electrons. The Morgan fingerprint density at radius 2 is 2.24 bits per heavy atom. The molecule has 1 aliphatic rings. The van der Waals surface area contributed by atoms with Crippen molar-refractivity contribution in [1.82, 2.24) is 4.98 Å². The second-order valence-electron chi connectivity index (χ2n) is 5.15. The van der Waals surface area contributed by atoms with Gasteiger partial charge >= 0.3 is 5.97 Å². The summed E-state index contributed by atoms with van der Waals surface area (Å²) in [5.74, 6) is -0.0153. The maximum Gasteiger partial charge on any atom is 0.358 e. The van der Waals surface area contributed by atoms with E-state index in [1.54, 1.807) is 28.1 Å². The van der Waals surface area contributed by atoms with Crippen molar-refractivity contribution in [3.05, 3.63) is 48.0 Å². The molecule has 1 aromatic carbocycles. The smallest absolute Gasteiger partial charge is 0.358 e. The van der Waals surface area contributed by atoms with E-state index in [4.69, 9.17) is 4.74 Å². The van der Waals surface area contributed by atoms with Crippen LogP contribution in [0.5, 0.6) is 0 Å². The number of carbonyl (C=O) groups is 2. The second kappa shape index (κ2) is 8.17. The van der Waals surface area contributed by atoms with E-state index in [9.17, 15) is 9.59 Å². The van der Waals surface area contributed by atoms with Crippen molar-refractivity contribution in [1.29, 1.82) is 0 Å². The maximum atomic E-state index is 12.4. The summed E-state index contributed by atoms with van der Waals surface area (Å²) in [6.07, 6.45) is 1.70. The minimum Gasteiger partial charge on any atom is -0.451 e. The van der Waals surface area contributed by atoms with Gasteiger partial charge in [0.05, 0.1) is 5.69 Å². The van der Waals surface area contributed by atoms with E-state index in [1.165, 1.54) is 11.3 Å². The predicted molar refractivity (Wildman–Crippen MR) is 101 cm³/mol. The average Bonchev–Trinajstić information content (AvgIpc) is 3.12. The van der Waals surface area contributed by atoms with Crippen LogP contribution in [-0.2, 0) is 9.53 Å². The standard InChI is InChI=1S/C17H17N3O3S2/c1-2-7-18-17-19-12(11-25-17)16(22)23-10-15(21)20-8-9-24-14-6-4-3-5-13(14)20/h2-6,11H,1,7-10H2,(H,18,19). The van der Waals surface area contributed by atoms with E-state index in [0.29, 0.717) is 18.2 Å². The monoisotopic (exact) mass is 375 g/mol. The zero-order chi connectivity index (χ0) is 17.6. The molecule has 0 atom stereocenters. The first-order valence-electron chi connectivity index (χ1n) is 7.68. The zero-order valence-electron chi connectivity index (χ0n) is 13.4. The Balaban J connectivity index is 1.58. The van der Waals surface area contributed by atoms with Crippen molar-refractivity contribution >= 4 is 45.8 Å². The molecule has 0 saturated carbocycles. The molecule has 1 aliphatic heterocycles. The largest absolute Gasteiger partial charge is 0.451 e. The first-order valence-corrected chi connectivity index (χ1v) is 9.55. The number of esters is 1. The average molecular weight is 375 g/mol. The molecule has 8 heteroatoms. The van der Waals surface area contributed by atoms with Crippen LogP contribution >= 0.6 is 23.1 Å². The van der Waals surface area contributed by atoms with Gasteiger partial charge in [0.1, 0.15) is 0 Å². The highest BCUT2D eigenvalue weighted by atomic mass is 32.2. The molecule has 0 saturated heterocycles. The third-order valence-corrected chi connectivity index (χ3v) is 5.31. The van der Waals surface area contributed by atoms with Gasteiger partial charge in [-0.25, -0.2) is 9.78 Å². The van der Waals surface area contributed by atoms with Crippen LogP contribution in [0.25, 0.3) is 0 Å². The molecule has 0 spiro atoms. The molecule has 1 amide bonds. The van der Waals surface area contributed by atoms with Crippen molar-refractivity contribution in [3.63, 3.8) is 0 Å². The van der Waals surface area contributed by atoms with Crippen LogP contribution in [0.1, 0.15) is 10.5 Å². The lowest BCUT2D eigenvalue weighted by atomic mass is 10.2. The van der Waals surface area contributed by atoms with Crippen LogP contribution in [0.3, 0.4) is 0 Å². The number of amides is 1. The van der Waals surface area contributed by atoms with Gasteiger partial charge in [-0.3, -0.25) is 4.79 Å². The van der Waals surface area contributed by atoms with Crippen molar-refractivity contribution in [2.45, 2.75) is 4.90 Å². The Morgan fingerprint density at radius 3 is 3.08 bits per heavy atom. The quantitative estimate of drug-likeness (QED) is 0.618. The Hall–Kier alpha value is -2.32. The summed E-state index contributed by atoms with van der Waals surface area (Å²) >= 11 is 3.02. The topological polar surface area (TPSA) is 71.5 Å². The molecule has 0 fully saturated rings. The molecule has 2 aromatic rings. The number of nitrogens with one attached hydrogen (secondary N) is 1. The van der Waals surface area contributed by atoms with Crippen molar-refractivity contribution in [2.75, 3.05) is 35.7 Å². The number of nitrogens with zero attached hydrogens (tertiary/aromatic N) is 2. The first-order chi connectivity index (χ1) is 12.2. The number of anilines is 2. The fraction of sp³-hybridized carbons (Fsp3) is 0.235. The Bertz CT molecular complexity index is 791. The van der Waals surface area contributed by atoms with E-state index in [2.05, 4.69) is 16.9 Å². The molecule has 1 N–H and O–H groups in total. The lowest BCUT2D eigenvalue weighted by molar-refractivity contribution is -0.121. The minimum absolute atomic E-state index is 0.193. The molecule has 25 heavy (non-hydrogen) atoms. The molecule has 3 rings (SSSR count). The zero-order valence-corrected chi connectivity index (χ0v) is 15.1. The molecule has 6 nitrogen and oxygen atoms in total. The fourth-order valence-electron chi connectivity index (χ4n) is 2.32. The molecule has 0 bridgehead atoms. The van der Waals surface area contributed by atoms with Gasteiger partial charge in [-0.2, -0.15) is 0 Å². The number of hydrogen-bond acceptors (Lipinski definition) is 7. The number of aromatic nitrogens is 1. The summed E-state index contributed by atoms with van der Waals surface area (Å²) in [4.78, 5) is 31.4. The SMILES string of the molecule is C=CCNc1nc(C(=O)OCC(=O)N2CCSc3ccccc32)cs1. The van der Waals surface area contributed by atoms with Crippen LogP contribution in [-0.4, -0.2) is 42.3 Å². The number of para-hydroxylation sites is 1. The van der Waals surface area contributed by atoms with E-state index in [0.717, 1.165) is 16.3 Å². The molecule has 130 valence electrons. The summed E-state index contributed by atoms with van der Waals surface area (Å²) < 4.78 is 5.14. The van der Waals surface area contributed by atoms with Crippen molar-refractivity contribution < 1.29 is 14.3 Å². The number of rotatable bonds is 6. The highest BCUT2D eigenvalue weighted by molar-refractivity contribution is 7.99. The summed E-state index contributed by atoms with van der Waals surface area (Å²) in [7, 11) is 0. The highest BCUT2D eigenvalue weighted by Gasteiger charge is 2.24. The van der Waals surface area contributed by atoms with Crippen molar-refractivity contribution in [2.24, 2.45) is 0 Å². The van der Waals surface area contributed by atoms with Crippen LogP contribution < -0.4 is 10.2 Å². The van der Waals surface area contributed by atoms with Crippen LogP contribution in [0.2, 0.25) is 0 Å². The van der Waals surface area contributed by atoms with Gasteiger partial charge in [0.25, 0.3) is 5.91 Å². The molecule has 1 aromatic heterocycles. The lowest BCUT2D eigenvalue weighted by Crippen LogP contribution is -2.38. The minimum atomic E-state index is -0.601. The predicted octanol–water partition coefficient (Wildman–Crippen LogP) is 3.04. The van der Waals surface area contributed by atoms with Crippen molar-refractivity contribution in [3.8, 4) is 0 Å². The Morgan fingerprint density at radius 1 is 1.40 bits per heavy atom. The number of fused-ring (bicyclic) bond motifs is 1. The summed E-state index contributed by atoms with van der Waals surface area (Å²) in [5.41, 5.74) is 1.06. The van der Waals surface area contributed by atoms with E-state index in [1.807, 2.05) is 24.3 Å². The Kier molecular flexibility index (Phi) is 5.72. The van der Waals surface area contributed by atoms with E-state index in [-0.39, 0.29) is 18.2 Å². The van der Waals surface area contributed by atoms with Gasteiger partial charge in [0.15, 0.2) is 17.4 Å². The van der Waals surface area contributed by atoms with Gasteiger partial charge in [0.2, 0.25) is 0 Å². The molecular formula is C17H17N3O3S2. The molecule has 0 aliphatic carbocycles. The highest BCUT2D eigenvalue weighted by Crippen LogP contribution is 2.34. The normalized spacial score (nSPS) is 13.0. The second-order valence-corrected chi connectivity index (χ2v) is 7.14. The van der Waals surface area contributed by atoms with Crippen LogP contribution in [0, 0.1) is 0 Å². The number of carbonyl (C=O) groups excluding carboxylic acids is 2. The van der Waals surface area contributed by atoms with Gasteiger partial charge in [-0.05, 0) is 12.1 Å². The summed E-state index contributed by atoms with van der Waals surface area (Å²) in [5, 5.41) is 5.21. The first kappa shape index (κ1) is 17.5. The maximum absolute atomic E-state index is 12.4. The van der Waals surface area contributed by atoms with Crippen LogP contribution in [0.15, 0.2) is 47.2 Å². The third-order valence-electron chi connectivity index (χ3n) is 3.47. The summed E-state index contributed by atoms with van der Waals surface area (Å²) in [6.45, 7) is 4.47. The van der Waals surface area contributed by atoms with E-state index < -0.39 is 5.97 Å². The summed E-state index contributed by atoms with van der Waals surface area (Å²) in [6, 6.07) is 7.72. The number of benzene rings is 1. The number of ether oxygens (including phenoxy) is 1. The number of hydrogen-bond donors (Lipinski definition) is 1. The van der Waals surface area contributed by atoms with Gasteiger partial charge in [0, 0.05) is 29.1 Å². The van der Waals surface area contributed by atoms with Gasteiger partial charge in [-0.15, -0.1) is 29.7 Å². The van der Waals surface area contributed by atoms with Gasteiger partial charge < -0.3 is 15.0 Å². The molecular weight excluding hydrogens is 358 g/mol.